The molecule has 1 aromatic heterocycles. The highest BCUT2D eigenvalue weighted by atomic mass is 16.5. The fraction of sp³-hybridized carbons (Fsp3) is 0.429. The number of aromatic amines is 1. The number of morpholine rings is 1. The van der Waals surface area contributed by atoms with Crippen molar-refractivity contribution in [2.75, 3.05) is 33.4 Å². The van der Waals surface area contributed by atoms with Crippen LogP contribution in [0.2, 0.25) is 0 Å². The van der Waals surface area contributed by atoms with Crippen LogP contribution in [0.3, 0.4) is 0 Å². The molecule has 0 saturated carbocycles. The molecule has 1 aliphatic heterocycles. The minimum atomic E-state index is -0.447. The second-order valence-electron chi connectivity index (χ2n) is 7.04. The van der Waals surface area contributed by atoms with E-state index in [-0.39, 0.29) is 12.0 Å². The maximum atomic E-state index is 12.6. The molecule has 0 spiro atoms. The molecule has 1 aromatic carbocycles. The van der Waals surface area contributed by atoms with Gasteiger partial charge < -0.3 is 19.8 Å². The van der Waals surface area contributed by atoms with Gasteiger partial charge in [-0.05, 0) is 25.0 Å². The lowest BCUT2D eigenvalue weighted by atomic mass is 10.1. The number of hydrogen-bond donors (Lipinski definition) is 2. The Balaban J connectivity index is 1.56. The Morgan fingerprint density at radius 1 is 1.29 bits per heavy atom. The molecule has 2 N–H and O–H groups in total. The molecule has 2 heterocycles. The van der Waals surface area contributed by atoms with E-state index in [0.717, 1.165) is 19.6 Å². The number of nitrogens with one attached hydrogen (secondary N) is 2. The molecular weight excluding hydrogens is 358 g/mol. The number of methoxy groups -OCH3 is 1. The average Bonchev–Trinajstić information content (AvgIpc) is 3.01. The molecule has 2 aromatic rings. The number of carbonyl (C=O) groups is 2. The van der Waals surface area contributed by atoms with E-state index in [1.54, 1.807) is 13.8 Å². The van der Waals surface area contributed by atoms with Crippen LogP contribution in [-0.2, 0) is 16.0 Å². The highest BCUT2D eigenvalue weighted by Gasteiger charge is 2.24. The lowest BCUT2D eigenvalue weighted by Gasteiger charge is -2.33. The van der Waals surface area contributed by atoms with Gasteiger partial charge in [-0.3, -0.25) is 9.69 Å². The van der Waals surface area contributed by atoms with Crippen LogP contribution in [-0.4, -0.2) is 61.2 Å². The van der Waals surface area contributed by atoms with Crippen LogP contribution in [0.5, 0.6) is 0 Å². The van der Waals surface area contributed by atoms with Gasteiger partial charge in [0.05, 0.1) is 25.4 Å². The van der Waals surface area contributed by atoms with Crippen LogP contribution in [0, 0.1) is 13.8 Å². The normalized spacial score (nSPS) is 17.3. The lowest BCUT2D eigenvalue weighted by molar-refractivity contribution is -0.0292. The molecular formula is C21H27N3O4. The average molecular weight is 385 g/mol. The highest BCUT2D eigenvalue weighted by Crippen LogP contribution is 2.19. The van der Waals surface area contributed by atoms with Crippen molar-refractivity contribution in [1.29, 1.82) is 0 Å². The summed E-state index contributed by atoms with van der Waals surface area (Å²) in [6, 6.07) is 10.3. The Bertz CT molecular complexity index is 832. The van der Waals surface area contributed by atoms with Crippen molar-refractivity contribution in [3.63, 3.8) is 0 Å². The summed E-state index contributed by atoms with van der Waals surface area (Å²) < 4.78 is 10.6. The molecule has 3 rings (SSSR count). The number of benzene rings is 1. The van der Waals surface area contributed by atoms with Crippen LogP contribution in [0.4, 0.5) is 0 Å². The van der Waals surface area contributed by atoms with Crippen LogP contribution in [0.25, 0.3) is 0 Å². The van der Waals surface area contributed by atoms with E-state index < -0.39 is 5.97 Å². The van der Waals surface area contributed by atoms with Crippen LogP contribution >= 0.6 is 0 Å². The van der Waals surface area contributed by atoms with Crippen molar-refractivity contribution in [3.05, 3.63) is 58.4 Å². The summed E-state index contributed by atoms with van der Waals surface area (Å²) >= 11 is 0. The Kier molecular flexibility index (Phi) is 6.49. The molecule has 7 heteroatoms. The first kappa shape index (κ1) is 20.1. The van der Waals surface area contributed by atoms with E-state index in [1.165, 1.54) is 12.7 Å². The maximum absolute atomic E-state index is 12.6. The first-order valence-corrected chi connectivity index (χ1v) is 9.43. The number of carbonyl (C=O) groups excluding carboxylic acids is 2. The van der Waals surface area contributed by atoms with E-state index >= 15 is 0 Å². The van der Waals surface area contributed by atoms with Crippen LogP contribution in [0.15, 0.2) is 30.3 Å². The molecule has 1 atom stereocenters. The summed E-state index contributed by atoms with van der Waals surface area (Å²) in [6.07, 6.45) is -0.0714. The topological polar surface area (TPSA) is 83.7 Å². The number of rotatable bonds is 6. The second-order valence-corrected chi connectivity index (χ2v) is 7.04. The summed E-state index contributed by atoms with van der Waals surface area (Å²) in [5.41, 5.74) is 3.28. The van der Waals surface area contributed by atoms with Gasteiger partial charge in [0.1, 0.15) is 5.69 Å². The maximum Gasteiger partial charge on any atom is 0.339 e. The zero-order valence-electron chi connectivity index (χ0n) is 16.6. The van der Waals surface area contributed by atoms with E-state index in [2.05, 4.69) is 27.3 Å². The van der Waals surface area contributed by atoms with E-state index in [0.29, 0.717) is 35.7 Å². The minimum absolute atomic E-state index is 0.0714. The van der Waals surface area contributed by atoms with E-state index in [1.807, 2.05) is 18.2 Å². The summed E-state index contributed by atoms with van der Waals surface area (Å²) in [5, 5.41) is 2.92. The molecule has 0 radical (unpaired) electrons. The van der Waals surface area contributed by atoms with E-state index in [9.17, 15) is 9.59 Å². The largest absolute Gasteiger partial charge is 0.465 e. The zero-order valence-corrected chi connectivity index (χ0v) is 16.6. The summed E-state index contributed by atoms with van der Waals surface area (Å²) in [6.45, 7) is 7.04. The van der Waals surface area contributed by atoms with E-state index in [4.69, 9.17) is 9.47 Å². The third-order valence-corrected chi connectivity index (χ3v) is 5.02. The highest BCUT2D eigenvalue weighted by molar-refractivity contribution is 6.00. The smallest absolute Gasteiger partial charge is 0.339 e. The SMILES string of the molecule is COC(=O)c1c(C)[nH]c(C(=O)NCC2CN(Cc3ccccc3)CCO2)c1C. The monoisotopic (exact) mass is 385 g/mol. The predicted molar refractivity (Wildman–Crippen MR) is 105 cm³/mol. The Morgan fingerprint density at radius 3 is 2.75 bits per heavy atom. The Hall–Kier alpha value is -2.64. The van der Waals surface area contributed by atoms with Crippen molar-refractivity contribution in [2.24, 2.45) is 0 Å². The summed E-state index contributed by atoms with van der Waals surface area (Å²) in [7, 11) is 1.33. The zero-order chi connectivity index (χ0) is 20.1. The summed E-state index contributed by atoms with van der Waals surface area (Å²) in [5.74, 6) is -0.697. The number of aromatic nitrogens is 1. The number of hydrogen-bond acceptors (Lipinski definition) is 5. The number of nitrogens with zero attached hydrogens (tertiary/aromatic N) is 1. The molecule has 7 nitrogen and oxygen atoms in total. The molecule has 150 valence electrons. The molecule has 0 bridgehead atoms. The molecule has 28 heavy (non-hydrogen) atoms. The van der Waals surface area contributed by atoms with Gasteiger partial charge in [-0.25, -0.2) is 4.79 Å². The summed E-state index contributed by atoms with van der Waals surface area (Å²) in [4.78, 5) is 29.8. The quantitative estimate of drug-likeness (QED) is 0.744. The van der Waals surface area contributed by atoms with Crippen molar-refractivity contribution in [1.82, 2.24) is 15.2 Å². The van der Waals surface area contributed by atoms with Gasteiger partial charge in [-0.15, -0.1) is 0 Å². The number of amides is 1. The van der Waals surface area contributed by atoms with Crippen LogP contribution < -0.4 is 5.32 Å². The molecule has 1 aliphatic rings. The van der Waals surface area contributed by atoms with Crippen LogP contribution in [0.1, 0.15) is 37.7 Å². The molecule has 0 aliphatic carbocycles. The van der Waals surface area contributed by atoms with Crippen molar-refractivity contribution < 1.29 is 19.1 Å². The number of ether oxygens (including phenoxy) is 2. The minimum Gasteiger partial charge on any atom is -0.465 e. The molecule has 1 fully saturated rings. The third-order valence-electron chi connectivity index (χ3n) is 5.02. The van der Waals surface area contributed by atoms with Gasteiger partial charge >= 0.3 is 5.97 Å². The van der Waals surface area contributed by atoms with Gasteiger partial charge in [0.15, 0.2) is 0 Å². The molecule has 1 amide bonds. The van der Waals surface area contributed by atoms with Gasteiger partial charge in [0.25, 0.3) is 5.91 Å². The Morgan fingerprint density at radius 2 is 2.04 bits per heavy atom. The predicted octanol–water partition coefficient (Wildman–Crippen LogP) is 2.05. The lowest BCUT2D eigenvalue weighted by Crippen LogP contribution is -2.47. The van der Waals surface area contributed by atoms with Gasteiger partial charge in [-0.2, -0.15) is 0 Å². The second kappa shape index (κ2) is 9.03. The third kappa shape index (κ3) is 4.61. The number of H-pyrrole nitrogens is 1. The first-order chi connectivity index (χ1) is 13.5. The first-order valence-electron chi connectivity index (χ1n) is 9.43. The number of esters is 1. The Labute approximate surface area is 165 Å². The standard InChI is InChI=1S/C21H27N3O4/c1-14-18(21(26)27-3)15(2)23-19(14)20(25)22-11-17-13-24(9-10-28-17)12-16-7-5-4-6-8-16/h4-8,17,23H,9-13H2,1-3H3,(H,22,25). The van der Waals surface area contributed by atoms with Crippen molar-refractivity contribution >= 4 is 11.9 Å². The fourth-order valence-electron chi connectivity index (χ4n) is 3.57. The molecule has 1 saturated heterocycles. The van der Waals surface area contributed by atoms with Gasteiger partial charge in [-0.1, -0.05) is 30.3 Å². The van der Waals surface area contributed by atoms with Crippen molar-refractivity contribution in [3.8, 4) is 0 Å². The van der Waals surface area contributed by atoms with Gasteiger partial charge in [0.2, 0.25) is 0 Å². The van der Waals surface area contributed by atoms with Gasteiger partial charge in [0, 0.05) is 31.9 Å². The number of aryl methyl sites for hydroxylation is 1. The molecule has 1 unspecified atom stereocenters. The fourth-order valence-corrected chi connectivity index (χ4v) is 3.57. The van der Waals surface area contributed by atoms with Crippen molar-refractivity contribution in [2.45, 2.75) is 26.5 Å².